The van der Waals surface area contributed by atoms with Crippen molar-refractivity contribution in [1.29, 1.82) is 5.26 Å². The molecule has 3 nitrogen and oxygen atoms in total. The van der Waals surface area contributed by atoms with Crippen molar-refractivity contribution in [2.45, 2.75) is 57.5 Å². The summed E-state index contributed by atoms with van der Waals surface area (Å²) < 4.78 is 5.30. The van der Waals surface area contributed by atoms with Crippen LogP contribution >= 0.6 is 0 Å². The van der Waals surface area contributed by atoms with Crippen LogP contribution in [0.5, 0.6) is 0 Å². The largest absolute Gasteiger partial charge is 0.391 e. The van der Waals surface area contributed by atoms with Crippen LogP contribution in [-0.4, -0.2) is 24.4 Å². The Bertz CT molecular complexity index is 272. The maximum atomic E-state index is 10.4. The molecule has 0 bridgehead atoms. The molecule has 0 aromatic rings. The van der Waals surface area contributed by atoms with Crippen molar-refractivity contribution in [3.63, 3.8) is 0 Å². The number of hydrogen-bond acceptors (Lipinski definition) is 3. The maximum Gasteiger partial charge on any atom is 0.0876 e. The Balaban J connectivity index is 1.92. The highest BCUT2D eigenvalue weighted by Gasteiger charge is 2.40. The van der Waals surface area contributed by atoms with E-state index in [0.29, 0.717) is 32.0 Å². The normalized spacial score (nSPS) is 27.3. The number of ether oxygens (including phenoxy) is 1. The fraction of sp³-hybridized carbons (Fsp3) is 0.929. The summed E-state index contributed by atoms with van der Waals surface area (Å²) >= 11 is 0. The summed E-state index contributed by atoms with van der Waals surface area (Å²) in [6.45, 7) is 1.24. The van der Waals surface area contributed by atoms with Gasteiger partial charge in [0.1, 0.15) is 0 Å². The molecule has 2 rings (SSSR count). The first-order chi connectivity index (χ1) is 8.27. The minimum atomic E-state index is -0.532. The minimum absolute atomic E-state index is 0.459. The quantitative estimate of drug-likeness (QED) is 0.821. The lowest BCUT2D eigenvalue weighted by atomic mass is 9.72. The van der Waals surface area contributed by atoms with E-state index >= 15 is 0 Å². The number of hydrogen-bond donors (Lipinski definition) is 1. The zero-order valence-corrected chi connectivity index (χ0v) is 10.5. The third-order valence-electron chi connectivity index (χ3n) is 4.53. The van der Waals surface area contributed by atoms with Gasteiger partial charge in [0.2, 0.25) is 0 Å². The number of aliphatic hydroxyl groups excluding tert-OH is 1. The third kappa shape index (κ3) is 3.00. The van der Waals surface area contributed by atoms with E-state index < -0.39 is 11.5 Å². The van der Waals surface area contributed by atoms with Crippen molar-refractivity contribution < 1.29 is 9.84 Å². The molecule has 1 aliphatic heterocycles. The molecule has 0 radical (unpaired) electrons. The summed E-state index contributed by atoms with van der Waals surface area (Å²) in [6.07, 6.45) is 8.12. The van der Waals surface area contributed by atoms with E-state index in [1.165, 1.54) is 32.1 Å². The van der Waals surface area contributed by atoms with E-state index in [4.69, 9.17) is 4.74 Å². The average molecular weight is 237 g/mol. The molecule has 0 aromatic carbocycles. The Morgan fingerprint density at radius 2 is 1.88 bits per heavy atom. The second-order valence-electron chi connectivity index (χ2n) is 5.64. The molecular weight excluding hydrogens is 214 g/mol. The lowest BCUT2D eigenvalue weighted by molar-refractivity contribution is -0.0403. The molecule has 2 aliphatic rings. The molecule has 1 saturated heterocycles. The van der Waals surface area contributed by atoms with Crippen LogP contribution in [-0.2, 0) is 4.74 Å². The van der Waals surface area contributed by atoms with Gasteiger partial charge in [0, 0.05) is 13.2 Å². The van der Waals surface area contributed by atoms with Crippen LogP contribution in [0.1, 0.15) is 51.4 Å². The number of nitriles is 1. The van der Waals surface area contributed by atoms with Crippen molar-refractivity contribution in [1.82, 2.24) is 0 Å². The molecule has 0 aromatic heterocycles. The second kappa shape index (κ2) is 5.84. The van der Waals surface area contributed by atoms with Gasteiger partial charge in [0.15, 0.2) is 0 Å². The van der Waals surface area contributed by atoms with Gasteiger partial charge in [0.05, 0.1) is 17.6 Å². The first-order valence-corrected chi connectivity index (χ1v) is 6.94. The van der Waals surface area contributed by atoms with Gasteiger partial charge in [0.25, 0.3) is 0 Å². The first-order valence-electron chi connectivity index (χ1n) is 6.94. The van der Waals surface area contributed by atoms with E-state index in [2.05, 4.69) is 6.07 Å². The molecule has 1 unspecified atom stereocenters. The number of rotatable bonds is 3. The summed E-state index contributed by atoms with van der Waals surface area (Å²) in [5.41, 5.74) is -0.532. The molecule has 1 aliphatic carbocycles. The maximum absolute atomic E-state index is 10.4. The molecule has 17 heavy (non-hydrogen) atoms. The summed E-state index contributed by atoms with van der Waals surface area (Å²) in [5, 5.41) is 19.8. The van der Waals surface area contributed by atoms with Crippen LogP contribution in [0, 0.1) is 22.7 Å². The van der Waals surface area contributed by atoms with Gasteiger partial charge in [-0.3, -0.25) is 0 Å². The topological polar surface area (TPSA) is 53.2 Å². The van der Waals surface area contributed by atoms with Gasteiger partial charge >= 0.3 is 0 Å². The van der Waals surface area contributed by atoms with E-state index in [-0.39, 0.29) is 0 Å². The highest BCUT2D eigenvalue weighted by atomic mass is 16.5. The Morgan fingerprint density at radius 3 is 2.47 bits per heavy atom. The van der Waals surface area contributed by atoms with Crippen molar-refractivity contribution in [2.75, 3.05) is 13.2 Å². The van der Waals surface area contributed by atoms with Gasteiger partial charge in [-0.1, -0.05) is 32.1 Å². The standard InChI is InChI=1S/C14H23NO2/c15-11-14(6-8-17-9-7-14)13(16)10-12-4-2-1-3-5-12/h12-13,16H,1-10H2. The van der Waals surface area contributed by atoms with Crippen molar-refractivity contribution in [3.8, 4) is 6.07 Å². The van der Waals surface area contributed by atoms with Crippen molar-refractivity contribution >= 4 is 0 Å². The summed E-state index contributed by atoms with van der Waals surface area (Å²) in [5.74, 6) is 0.631. The monoisotopic (exact) mass is 237 g/mol. The van der Waals surface area contributed by atoms with Crippen molar-refractivity contribution in [3.05, 3.63) is 0 Å². The summed E-state index contributed by atoms with van der Waals surface area (Å²) in [4.78, 5) is 0. The SMILES string of the molecule is N#CC1(C(O)CC2CCCCC2)CCOCC1. The molecule has 1 heterocycles. The van der Waals surface area contributed by atoms with Gasteiger partial charge < -0.3 is 9.84 Å². The van der Waals surface area contributed by atoms with Gasteiger partial charge in [-0.2, -0.15) is 5.26 Å². The van der Waals surface area contributed by atoms with Gasteiger partial charge in [-0.15, -0.1) is 0 Å². The van der Waals surface area contributed by atoms with E-state index in [1.54, 1.807) is 0 Å². The predicted octanol–water partition coefficient (Wildman–Crippen LogP) is 2.64. The lowest BCUT2D eigenvalue weighted by Crippen LogP contribution is -2.40. The minimum Gasteiger partial charge on any atom is -0.391 e. The van der Waals surface area contributed by atoms with Crippen LogP contribution in [0.15, 0.2) is 0 Å². The smallest absolute Gasteiger partial charge is 0.0876 e. The Kier molecular flexibility index (Phi) is 4.42. The molecule has 0 spiro atoms. The molecule has 1 atom stereocenters. The second-order valence-corrected chi connectivity index (χ2v) is 5.64. The first kappa shape index (κ1) is 12.9. The predicted molar refractivity (Wildman–Crippen MR) is 65.3 cm³/mol. The highest BCUT2D eigenvalue weighted by Crippen LogP contribution is 2.38. The zero-order chi connectivity index (χ0) is 12.1. The van der Waals surface area contributed by atoms with Gasteiger partial charge in [-0.25, -0.2) is 0 Å². The molecular formula is C14H23NO2. The highest BCUT2D eigenvalue weighted by molar-refractivity contribution is 5.05. The lowest BCUT2D eigenvalue weighted by Gasteiger charge is -2.37. The number of aliphatic hydroxyl groups is 1. The molecule has 1 saturated carbocycles. The van der Waals surface area contributed by atoms with E-state index in [1.807, 2.05) is 0 Å². The Morgan fingerprint density at radius 1 is 1.24 bits per heavy atom. The van der Waals surface area contributed by atoms with E-state index in [9.17, 15) is 10.4 Å². The van der Waals surface area contributed by atoms with Crippen LogP contribution in [0.25, 0.3) is 0 Å². The number of nitrogens with zero attached hydrogens (tertiary/aromatic N) is 1. The van der Waals surface area contributed by atoms with Crippen LogP contribution in [0.2, 0.25) is 0 Å². The molecule has 96 valence electrons. The zero-order valence-electron chi connectivity index (χ0n) is 10.5. The molecule has 1 N–H and O–H groups in total. The average Bonchev–Trinajstić information content (AvgIpc) is 2.40. The molecule has 2 fully saturated rings. The molecule has 0 amide bonds. The van der Waals surface area contributed by atoms with Crippen LogP contribution in [0.4, 0.5) is 0 Å². The summed E-state index contributed by atoms with van der Waals surface area (Å²) in [6, 6.07) is 2.38. The van der Waals surface area contributed by atoms with Crippen LogP contribution in [0.3, 0.4) is 0 Å². The molecule has 3 heteroatoms. The Labute approximate surface area is 104 Å². The fourth-order valence-corrected chi connectivity index (χ4v) is 3.22. The summed E-state index contributed by atoms with van der Waals surface area (Å²) in [7, 11) is 0. The van der Waals surface area contributed by atoms with Crippen molar-refractivity contribution in [2.24, 2.45) is 11.3 Å². The Hall–Kier alpha value is -0.590. The van der Waals surface area contributed by atoms with Crippen LogP contribution < -0.4 is 0 Å². The van der Waals surface area contributed by atoms with E-state index in [0.717, 1.165) is 6.42 Å². The fourth-order valence-electron chi connectivity index (χ4n) is 3.22. The third-order valence-corrected chi connectivity index (χ3v) is 4.53. The van der Waals surface area contributed by atoms with Gasteiger partial charge in [-0.05, 0) is 25.2 Å².